The summed E-state index contributed by atoms with van der Waals surface area (Å²) in [4.78, 5) is 17.9. The quantitative estimate of drug-likeness (QED) is 0.679. The molecule has 128 valence electrons. The van der Waals surface area contributed by atoms with Crippen molar-refractivity contribution >= 4 is 29.8 Å². The highest BCUT2D eigenvalue weighted by Crippen LogP contribution is 2.18. The van der Waals surface area contributed by atoms with Crippen LogP contribution in [-0.4, -0.2) is 16.0 Å². The average molecular weight is 329 g/mol. The van der Waals surface area contributed by atoms with Gasteiger partial charge in [-0.15, -0.1) is 0 Å². The van der Waals surface area contributed by atoms with Crippen molar-refractivity contribution in [2.24, 2.45) is 0 Å². The number of allylic oxidation sites excluding steroid dienone is 1. The zero-order valence-corrected chi connectivity index (χ0v) is 14.4. The van der Waals surface area contributed by atoms with Gasteiger partial charge in [-0.25, -0.2) is 4.98 Å². The third-order valence-corrected chi connectivity index (χ3v) is 3.11. The minimum Gasteiger partial charge on any atom is -0.326 e. The fourth-order valence-corrected chi connectivity index (χ4v) is 2.04. The number of benzene rings is 1. The Labute approximate surface area is 142 Å². The van der Waals surface area contributed by atoms with Gasteiger partial charge in [0, 0.05) is 12.1 Å². The summed E-state index contributed by atoms with van der Waals surface area (Å²) in [6.45, 7) is 9.67. The molecule has 1 heterocycles. The van der Waals surface area contributed by atoms with Gasteiger partial charge in [-0.3, -0.25) is 4.79 Å². The van der Waals surface area contributed by atoms with E-state index in [1.54, 1.807) is 6.08 Å². The Balaban J connectivity index is 0.00000139. The highest BCUT2D eigenvalue weighted by molar-refractivity contribution is 5.68. The first-order valence-electron chi connectivity index (χ1n) is 8.02. The summed E-state index contributed by atoms with van der Waals surface area (Å²) in [5.41, 5.74) is 3.43. The lowest BCUT2D eigenvalue weighted by atomic mass is 10.1. The third-order valence-electron chi connectivity index (χ3n) is 3.11. The number of halogens is 1. The summed E-state index contributed by atoms with van der Waals surface area (Å²) in [6.07, 6.45) is 5.86. The summed E-state index contributed by atoms with van der Waals surface area (Å²) in [6, 6.07) is 6.16. The van der Waals surface area contributed by atoms with Gasteiger partial charge in [-0.2, -0.15) is 4.39 Å². The SMILES string of the molecule is C=Cc1nc(Nc2ccc(CCC(=O)F)cc2)[nH]c1/C=C\C.CC. The summed E-state index contributed by atoms with van der Waals surface area (Å²) in [5.74, 6) is 0.620. The maximum atomic E-state index is 12.2. The van der Waals surface area contributed by atoms with Crippen molar-refractivity contribution in [3.8, 4) is 0 Å². The number of anilines is 2. The van der Waals surface area contributed by atoms with Crippen molar-refractivity contribution in [2.75, 3.05) is 5.32 Å². The van der Waals surface area contributed by atoms with Gasteiger partial charge in [0.1, 0.15) is 0 Å². The van der Waals surface area contributed by atoms with Crippen LogP contribution in [0.2, 0.25) is 0 Å². The number of rotatable bonds is 7. The van der Waals surface area contributed by atoms with E-state index in [4.69, 9.17) is 0 Å². The topological polar surface area (TPSA) is 57.8 Å². The van der Waals surface area contributed by atoms with E-state index in [1.807, 2.05) is 57.2 Å². The number of H-pyrrole nitrogens is 1. The van der Waals surface area contributed by atoms with Crippen LogP contribution in [0.5, 0.6) is 0 Å². The van der Waals surface area contributed by atoms with Crippen LogP contribution in [0.1, 0.15) is 44.1 Å². The predicted octanol–water partition coefficient (Wildman–Crippen LogP) is 5.28. The van der Waals surface area contributed by atoms with Gasteiger partial charge >= 0.3 is 6.04 Å². The Kier molecular flexibility index (Phi) is 8.19. The number of carbonyl (C=O) groups excluding carboxylic acids is 1. The Morgan fingerprint density at radius 1 is 1.33 bits per heavy atom. The van der Waals surface area contributed by atoms with Gasteiger partial charge in [0.25, 0.3) is 0 Å². The van der Waals surface area contributed by atoms with Crippen LogP contribution in [0.3, 0.4) is 0 Å². The molecule has 0 saturated carbocycles. The Morgan fingerprint density at radius 2 is 2.00 bits per heavy atom. The number of aryl methyl sites for hydroxylation is 1. The standard InChI is InChI=1S/C17H18FN3O.C2H6/c1-3-5-15-14(4-2)20-17(21-15)19-13-9-6-12(7-10-13)8-11-16(18)22;1-2/h3-7,9-10H,2,8,11H2,1H3,(H2,19,20,21);1-2H3/b5-3-;. The Morgan fingerprint density at radius 3 is 2.54 bits per heavy atom. The Hall–Kier alpha value is -2.69. The van der Waals surface area contributed by atoms with Crippen LogP contribution in [0.4, 0.5) is 16.0 Å². The van der Waals surface area contributed by atoms with Crippen LogP contribution < -0.4 is 5.32 Å². The van der Waals surface area contributed by atoms with E-state index in [-0.39, 0.29) is 6.42 Å². The molecule has 0 unspecified atom stereocenters. The number of hydrogen-bond acceptors (Lipinski definition) is 3. The molecule has 0 saturated heterocycles. The lowest BCUT2D eigenvalue weighted by Crippen LogP contribution is -1.95. The molecule has 2 rings (SSSR count). The van der Waals surface area contributed by atoms with E-state index in [0.29, 0.717) is 12.4 Å². The lowest BCUT2D eigenvalue weighted by molar-refractivity contribution is -0.129. The highest BCUT2D eigenvalue weighted by atomic mass is 19.1. The molecule has 0 aliphatic rings. The first-order chi connectivity index (χ1) is 11.6. The highest BCUT2D eigenvalue weighted by Gasteiger charge is 2.05. The van der Waals surface area contributed by atoms with Crippen LogP contribution >= 0.6 is 0 Å². The first kappa shape index (κ1) is 19.4. The second kappa shape index (κ2) is 10.2. The van der Waals surface area contributed by atoms with Crippen LogP contribution in [-0.2, 0) is 11.2 Å². The van der Waals surface area contributed by atoms with Crippen molar-refractivity contribution in [1.82, 2.24) is 9.97 Å². The van der Waals surface area contributed by atoms with E-state index in [9.17, 15) is 9.18 Å². The molecule has 0 bridgehead atoms. The fraction of sp³-hybridized carbons (Fsp3) is 0.263. The minimum atomic E-state index is -1.29. The van der Waals surface area contributed by atoms with Gasteiger partial charge in [0.15, 0.2) is 0 Å². The molecule has 0 atom stereocenters. The van der Waals surface area contributed by atoms with E-state index in [1.165, 1.54) is 0 Å². The molecule has 2 N–H and O–H groups in total. The molecular formula is C19H24FN3O. The molecule has 2 aromatic rings. The third kappa shape index (κ3) is 5.83. The molecule has 0 spiro atoms. The van der Waals surface area contributed by atoms with Crippen molar-refractivity contribution in [1.29, 1.82) is 0 Å². The molecule has 24 heavy (non-hydrogen) atoms. The largest absolute Gasteiger partial charge is 0.326 e. The number of aromatic nitrogens is 2. The molecule has 0 amide bonds. The summed E-state index contributed by atoms with van der Waals surface area (Å²) in [7, 11) is 0. The molecule has 4 nitrogen and oxygen atoms in total. The van der Waals surface area contributed by atoms with Gasteiger partial charge in [-0.1, -0.05) is 38.6 Å². The molecule has 1 aromatic heterocycles. The van der Waals surface area contributed by atoms with Gasteiger partial charge in [-0.05, 0) is 43.2 Å². The van der Waals surface area contributed by atoms with Crippen molar-refractivity contribution < 1.29 is 9.18 Å². The molecule has 0 fully saturated rings. The zero-order chi connectivity index (χ0) is 17.9. The molecule has 5 heteroatoms. The number of nitrogens with one attached hydrogen (secondary N) is 2. The molecule has 0 aliphatic carbocycles. The maximum absolute atomic E-state index is 12.2. The molecule has 0 radical (unpaired) electrons. The van der Waals surface area contributed by atoms with Crippen LogP contribution in [0.25, 0.3) is 12.2 Å². The summed E-state index contributed by atoms with van der Waals surface area (Å²) >= 11 is 0. The number of carbonyl (C=O) groups is 1. The minimum absolute atomic E-state index is 0.0830. The second-order valence-electron chi connectivity index (χ2n) is 4.77. The summed E-state index contributed by atoms with van der Waals surface area (Å²) in [5, 5.41) is 3.16. The van der Waals surface area contributed by atoms with Crippen molar-refractivity contribution in [2.45, 2.75) is 33.6 Å². The number of nitrogens with zero attached hydrogens (tertiary/aromatic N) is 1. The second-order valence-corrected chi connectivity index (χ2v) is 4.77. The van der Waals surface area contributed by atoms with Gasteiger partial charge in [0.05, 0.1) is 11.4 Å². The normalized spacial score (nSPS) is 10.2. The molecular weight excluding hydrogens is 305 g/mol. The van der Waals surface area contributed by atoms with Crippen molar-refractivity contribution in [3.05, 3.63) is 53.9 Å². The molecule has 1 aromatic carbocycles. The lowest BCUT2D eigenvalue weighted by Gasteiger charge is -2.04. The Bertz CT molecular complexity index is 687. The van der Waals surface area contributed by atoms with Crippen LogP contribution in [0.15, 0.2) is 36.9 Å². The number of hydrogen-bond donors (Lipinski definition) is 2. The maximum Gasteiger partial charge on any atom is 0.301 e. The monoisotopic (exact) mass is 329 g/mol. The van der Waals surface area contributed by atoms with E-state index in [0.717, 1.165) is 22.6 Å². The zero-order valence-electron chi connectivity index (χ0n) is 14.4. The van der Waals surface area contributed by atoms with Gasteiger partial charge in [0.2, 0.25) is 5.95 Å². The van der Waals surface area contributed by atoms with E-state index < -0.39 is 6.04 Å². The summed E-state index contributed by atoms with van der Waals surface area (Å²) < 4.78 is 12.2. The predicted molar refractivity (Wildman–Crippen MR) is 98.9 cm³/mol. The van der Waals surface area contributed by atoms with Crippen molar-refractivity contribution in [3.63, 3.8) is 0 Å². The number of aromatic amines is 1. The smallest absolute Gasteiger partial charge is 0.301 e. The van der Waals surface area contributed by atoms with E-state index >= 15 is 0 Å². The first-order valence-corrected chi connectivity index (χ1v) is 8.02. The fourth-order valence-electron chi connectivity index (χ4n) is 2.04. The van der Waals surface area contributed by atoms with Crippen LogP contribution in [0, 0.1) is 0 Å². The van der Waals surface area contributed by atoms with E-state index in [2.05, 4.69) is 21.9 Å². The molecule has 0 aliphatic heterocycles. The average Bonchev–Trinajstić information content (AvgIpc) is 2.98. The number of imidazole rings is 1. The van der Waals surface area contributed by atoms with Gasteiger partial charge < -0.3 is 10.3 Å².